The number of nitrogens with zero attached hydrogens (tertiary/aromatic N) is 2. The molecule has 144 valence electrons. The Bertz CT molecular complexity index is 933. The van der Waals surface area contributed by atoms with E-state index in [-0.39, 0.29) is 31.1 Å². The van der Waals surface area contributed by atoms with Gasteiger partial charge in [0, 0.05) is 28.9 Å². The van der Waals surface area contributed by atoms with Crippen LogP contribution < -0.4 is 14.9 Å². The Labute approximate surface area is 170 Å². The number of carbonyl (C=O) groups is 2. The van der Waals surface area contributed by atoms with Crippen molar-refractivity contribution in [2.45, 2.75) is 12.3 Å². The Kier molecular flexibility index (Phi) is 5.29. The Balaban J connectivity index is 1.32. The average molecular weight is 444 g/mol. The number of hydrogen-bond donors (Lipinski definition) is 1. The molecule has 2 aliphatic heterocycles. The standard InChI is InChI=1S/C20H18BrN3O4/c21-16-8-18-17(27-12-28-18)6-14(16)9-22-23-19(25)11-24-10-15(7-20(24)26)13-4-2-1-3-5-13/h1-6,8-9,15H,7,10-12H2,(H,23,25)/b22-9-/t15-/m0/s1. The highest BCUT2D eigenvalue weighted by Crippen LogP contribution is 2.36. The third-order valence-corrected chi connectivity index (χ3v) is 5.39. The molecule has 0 bridgehead atoms. The molecule has 1 atom stereocenters. The van der Waals surface area contributed by atoms with Gasteiger partial charge < -0.3 is 14.4 Å². The van der Waals surface area contributed by atoms with Gasteiger partial charge in [0.15, 0.2) is 11.5 Å². The van der Waals surface area contributed by atoms with Gasteiger partial charge in [-0.25, -0.2) is 5.43 Å². The molecular weight excluding hydrogens is 426 g/mol. The summed E-state index contributed by atoms with van der Waals surface area (Å²) < 4.78 is 11.4. The summed E-state index contributed by atoms with van der Waals surface area (Å²) >= 11 is 3.43. The number of benzene rings is 2. The lowest BCUT2D eigenvalue weighted by Crippen LogP contribution is -2.36. The monoisotopic (exact) mass is 443 g/mol. The summed E-state index contributed by atoms with van der Waals surface area (Å²) in [6, 6.07) is 13.4. The minimum atomic E-state index is -0.338. The van der Waals surface area contributed by atoms with Crippen LogP contribution in [0.15, 0.2) is 52.0 Å². The minimum Gasteiger partial charge on any atom is -0.454 e. The van der Waals surface area contributed by atoms with Gasteiger partial charge in [0.05, 0.1) is 6.21 Å². The normalized spacial score (nSPS) is 18.1. The van der Waals surface area contributed by atoms with E-state index in [1.54, 1.807) is 17.0 Å². The SMILES string of the molecule is O=C(CN1C[C@@H](c2ccccc2)CC1=O)N/N=C\c1cc2c(cc1Br)OCO2. The lowest BCUT2D eigenvalue weighted by Gasteiger charge is -2.15. The van der Waals surface area contributed by atoms with Gasteiger partial charge in [-0.3, -0.25) is 9.59 Å². The van der Waals surface area contributed by atoms with Gasteiger partial charge in [0.2, 0.25) is 12.7 Å². The number of rotatable bonds is 5. The number of ether oxygens (including phenoxy) is 2. The second-order valence-electron chi connectivity index (χ2n) is 6.61. The van der Waals surface area contributed by atoms with E-state index in [0.29, 0.717) is 24.5 Å². The molecule has 2 aromatic rings. The number of halogens is 1. The van der Waals surface area contributed by atoms with Crippen molar-refractivity contribution in [3.8, 4) is 11.5 Å². The molecule has 0 radical (unpaired) electrons. The van der Waals surface area contributed by atoms with E-state index < -0.39 is 0 Å². The number of fused-ring (bicyclic) bond motifs is 1. The molecule has 0 saturated carbocycles. The van der Waals surface area contributed by atoms with Crippen molar-refractivity contribution in [1.29, 1.82) is 0 Å². The smallest absolute Gasteiger partial charge is 0.259 e. The molecule has 1 saturated heterocycles. The molecular formula is C20H18BrN3O4. The number of nitrogens with one attached hydrogen (secondary N) is 1. The quantitative estimate of drug-likeness (QED) is 0.568. The van der Waals surface area contributed by atoms with Crippen LogP contribution in [0.1, 0.15) is 23.5 Å². The molecule has 7 nitrogen and oxygen atoms in total. The number of carbonyl (C=O) groups excluding carboxylic acids is 2. The van der Waals surface area contributed by atoms with Crippen LogP contribution in [0.2, 0.25) is 0 Å². The van der Waals surface area contributed by atoms with Crippen LogP contribution in [0.5, 0.6) is 11.5 Å². The van der Waals surface area contributed by atoms with E-state index in [4.69, 9.17) is 9.47 Å². The maximum atomic E-state index is 12.2. The van der Waals surface area contributed by atoms with Gasteiger partial charge in [-0.05, 0) is 33.6 Å². The second-order valence-corrected chi connectivity index (χ2v) is 7.46. The zero-order valence-electron chi connectivity index (χ0n) is 14.9. The largest absolute Gasteiger partial charge is 0.454 e. The molecule has 2 aromatic carbocycles. The Hall–Kier alpha value is -2.87. The van der Waals surface area contributed by atoms with E-state index in [0.717, 1.165) is 15.6 Å². The predicted octanol–water partition coefficient (Wildman–Crippen LogP) is 2.64. The van der Waals surface area contributed by atoms with Crippen molar-refractivity contribution in [1.82, 2.24) is 10.3 Å². The summed E-state index contributed by atoms with van der Waals surface area (Å²) in [5, 5.41) is 3.98. The summed E-state index contributed by atoms with van der Waals surface area (Å²) in [5.41, 5.74) is 4.33. The van der Waals surface area contributed by atoms with Crippen LogP contribution in [0.4, 0.5) is 0 Å². The topological polar surface area (TPSA) is 80.2 Å². The molecule has 1 fully saturated rings. The van der Waals surface area contributed by atoms with Crippen molar-refractivity contribution in [2.24, 2.45) is 5.10 Å². The van der Waals surface area contributed by atoms with E-state index in [1.807, 2.05) is 30.3 Å². The lowest BCUT2D eigenvalue weighted by atomic mass is 9.99. The fraction of sp³-hybridized carbons (Fsp3) is 0.250. The molecule has 0 aromatic heterocycles. The van der Waals surface area contributed by atoms with Crippen LogP contribution >= 0.6 is 15.9 Å². The van der Waals surface area contributed by atoms with Crippen molar-refractivity contribution < 1.29 is 19.1 Å². The highest BCUT2D eigenvalue weighted by molar-refractivity contribution is 9.10. The van der Waals surface area contributed by atoms with Gasteiger partial charge in [-0.2, -0.15) is 5.10 Å². The number of hydrogen-bond acceptors (Lipinski definition) is 5. The van der Waals surface area contributed by atoms with Gasteiger partial charge in [0.1, 0.15) is 6.54 Å². The average Bonchev–Trinajstić information content (AvgIpc) is 3.29. The van der Waals surface area contributed by atoms with Crippen molar-refractivity contribution in [2.75, 3.05) is 19.9 Å². The van der Waals surface area contributed by atoms with Gasteiger partial charge >= 0.3 is 0 Å². The van der Waals surface area contributed by atoms with E-state index >= 15 is 0 Å². The first-order valence-corrected chi connectivity index (χ1v) is 9.63. The molecule has 0 spiro atoms. The molecule has 0 unspecified atom stereocenters. The van der Waals surface area contributed by atoms with Crippen LogP contribution in [0.25, 0.3) is 0 Å². The first-order chi connectivity index (χ1) is 13.6. The zero-order valence-corrected chi connectivity index (χ0v) is 16.5. The fourth-order valence-electron chi connectivity index (χ4n) is 3.29. The molecule has 1 N–H and O–H groups in total. The van der Waals surface area contributed by atoms with Crippen LogP contribution in [-0.4, -0.2) is 42.8 Å². The fourth-order valence-corrected chi connectivity index (χ4v) is 3.71. The minimum absolute atomic E-state index is 0.0121. The second kappa shape index (κ2) is 8.02. The summed E-state index contributed by atoms with van der Waals surface area (Å²) in [6.07, 6.45) is 1.94. The van der Waals surface area contributed by atoms with Crippen molar-refractivity contribution in [3.05, 3.63) is 58.1 Å². The first-order valence-electron chi connectivity index (χ1n) is 8.84. The highest BCUT2D eigenvalue weighted by atomic mass is 79.9. The Morgan fingerprint density at radius 3 is 2.79 bits per heavy atom. The molecule has 4 rings (SSSR count). The van der Waals surface area contributed by atoms with Crippen LogP contribution in [0.3, 0.4) is 0 Å². The lowest BCUT2D eigenvalue weighted by molar-refractivity contribution is -0.133. The van der Waals surface area contributed by atoms with Crippen molar-refractivity contribution >= 4 is 34.0 Å². The van der Waals surface area contributed by atoms with Gasteiger partial charge in [0.25, 0.3) is 5.91 Å². The molecule has 2 heterocycles. The van der Waals surface area contributed by atoms with Gasteiger partial charge in [-0.1, -0.05) is 30.3 Å². The highest BCUT2D eigenvalue weighted by Gasteiger charge is 2.31. The van der Waals surface area contributed by atoms with E-state index in [9.17, 15) is 9.59 Å². The van der Waals surface area contributed by atoms with E-state index in [2.05, 4.69) is 26.5 Å². The summed E-state index contributed by atoms with van der Waals surface area (Å²) in [6.45, 7) is 0.711. The number of likely N-dealkylation sites (tertiary alicyclic amines) is 1. The van der Waals surface area contributed by atoms with E-state index in [1.165, 1.54) is 6.21 Å². The maximum absolute atomic E-state index is 12.2. The van der Waals surface area contributed by atoms with Crippen molar-refractivity contribution in [3.63, 3.8) is 0 Å². The molecule has 28 heavy (non-hydrogen) atoms. The first kappa shape index (κ1) is 18.5. The van der Waals surface area contributed by atoms with Crippen LogP contribution in [-0.2, 0) is 9.59 Å². The van der Waals surface area contributed by atoms with Gasteiger partial charge in [-0.15, -0.1) is 0 Å². The summed E-state index contributed by atoms with van der Waals surface area (Å²) in [4.78, 5) is 26.0. The molecule has 0 aliphatic carbocycles. The summed E-state index contributed by atoms with van der Waals surface area (Å²) in [7, 11) is 0. The zero-order chi connectivity index (χ0) is 19.5. The summed E-state index contributed by atoms with van der Waals surface area (Å²) in [5.74, 6) is 1.05. The molecule has 2 amide bonds. The predicted molar refractivity (Wildman–Crippen MR) is 106 cm³/mol. The third kappa shape index (κ3) is 4.01. The number of hydrazone groups is 1. The maximum Gasteiger partial charge on any atom is 0.259 e. The molecule has 2 aliphatic rings. The third-order valence-electron chi connectivity index (χ3n) is 4.70. The number of amides is 2. The molecule has 8 heteroatoms. The van der Waals surface area contributed by atoms with Crippen LogP contribution in [0, 0.1) is 0 Å². The Morgan fingerprint density at radius 2 is 2.00 bits per heavy atom. The Morgan fingerprint density at radius 1 is 1.25 bits per heavy atom.